The number of nitrogens with zero attached hydrogens (tertiary/aromatic N) is 3. The van der Waals surface area contributed by atoms with Crippen LogP contribution >= 0.6 is 0 Å². The lowest BCUT2D eigenvalue weighted by molar-refractivity contribution is 0.560. The molecular formula is C40H33N3. The summed E-state index contributed by atoms with van der Waals surface area (Å²) in [5, 5.41) is 5.06. The molecule has 0 aliphatic rings. The fourth-order valence-electron chi connectivity index (χ4n) is 6.83. The minimum atomic E-state index is -0.0705. The summed E-state index contributed by atoms with van der Waals surface area (Å²) in [5.41, 5.74) is 9.49. The number of hydrogen-bond acceptors (Lipinski definition) is 1. The van der Waals surface area contributed by atoms with Crippen LogP contribution in [0.1, 0.15) is 20.8 Å². The molecule has 0 spiro atoms. The van der Waals surface area contributed by atoms with E-state index in [1.807, 2.05) is 0 Å². The Balaban J connectivity index is 1.30. The minimum absolute atomic E-state index is 0.0705. The third-order valence-corrected chi connectivity index (χ3v) is 8.55. The van der Waals surface area contributed by atoms with Crippen LogP contribution in [0.5, 0.6) is 0 Å². The molecule has 0 atom stereocenters. The SMILES string of the molecule is CC(C)(C)N(c1ccccc1)c1ccc(-n2c3ccccc3c3cc(-n4c5ccccc5c5ccccc54)ccc32)cc1. The van der Waals surface area contributed by atoms with Crippen molar-refractivity contribution in [1.82, 2.24) is 9.13 Å². The van der Waals surface area contributed by atoms with Gasteiger partial charge < -0.3 is 14.0 Å². The third kappa shape index (κ3) is 4.04. The summed E-state index contributed by atoms with van der Waals surface area (Å²) < 4.78 is 4.80. The molecule has 0 bridgehead atoms. The zero-order valence-corrected chi connectivity index (χ0v) is 24.7. The number of hydrogen-bond donors (Lipinski definition) is 0. The first-order valence-electron chi connectivity index (χ1n) is 15.0. The van der Waals surface area contributed by atoms with Gasteiger partial charge in [-0.3, -0.25) is 0 Å². The van der Waals surface area contributed by atoms with Gasteiger partial charge in [-0.1, -0.05) is 72.8 Å². The Morgan fingerprint density at radius 1 is 0.395 bits per heavy atom. The molecule has 0 amide bonds. The molecule has 0 radical (unpaired) electrons. The van der Waals surface area contributed by atoms with Crippen LogP contribution in [0.25, 0.3) is 55.0 Å². The highest BCUT2D eigenvalue weighted by atomic mass is 15.2. The molecule has 208 valence electrons. The van der Waals surface area contributed by atoms with Crippen LogP contribution in [0.15, 0.2) is 146 Å². The summed E-state index contributed by atoms with van der Waals surface area (Å²) in [5.74, 6) is 0. The van der Waals surface area contributed by atoms with Gasteiger partial charge in [-0.05, 0) is 93.6 Å². The van der Waals surface area contributed by atoms with Crippen LogP contribution in [0.2, 0.25) is 0 Å². The Morgan fingerprint density at radius 3 is 1.37 bits per heavy atom. The van der Waals surface area contributed by atoms with Crippen molar-refractivity contribution < 1.29 is 0 Å². The second kappa shape index (κ2) is 9.64. The van der Waals surface area contributed by atoms with Crippen molar-refractivity contribution in [3.63, 3.8) is 0 Å². The summed E-state index contributed by atoms with van der Waals surface area (Å²) >= 11 is 0. The van der Waals surface area contributed by atoms with Crippen molar-refractivity contribution in [3.05, 3.63) is 146 Å². The maximum atomic E-state index is 2.40. The van der Waals surface area contributed by atoms with E-state index in [0.717, 1.165) is 5.69 Å². The Bertz CT molecular complexity index is 2210. The molecule has 43 heavy (non-hydrogen) atoms. The van der Waals surface area contributed by atoms with Crippen molar-refractivity contribution >= 4 is 55.0 Å². The normalized spacial score (nSPS) is 12.1. The summed E-state index contributed by atoms with van der Waals surface area (Å²) in [4.78, 5) is 2.40. The molecule has 0 fully saturated rings. The van der Waals surface area contributed by atoms with E-state index in [4.69, 9.17) is 0 Å². The van der Waals surface area contributed by atoms with E-state index in [-0.39, 0.29) is 5.54 Å². The Hall–Kier alpha value is -5.28. The van der Waals surface area contributed by atoms with Crippen molar-refractivity contribution in [3.8, 4) is 11.4 Å². The number of anilines is 2. The summed E-state index contributed by atoms with van der Waals surface area (Å²) in [6, 6.07) is 52.7. The number of para-hydroxylation sites is 4. The molecule has 2 aromatic heterocycles. The van der Waals surface area contributed by atoms with Gasteiger partial charge in [0.1, 0.15) is 0 Å². The molecular weight excluding hydrogens is 522 g/mol. The second-order valence-corrected chi connectivity index (χ2v) is 12.3. The largest absolute Gasteiger partial charge is 0.336 e. The summed E-state index contributed by atoms with van der Waals surface area (Å²) in [6.45, 7) is 6.78. The molecule has 0 saturated carbocycles. The zero-order valence-electron chi connectivity index (χ0n) is 24.7. The number of benzene rings is 6. The quantitative estimate of drug-likeness (QED) is 0.210. The molecule has 6 aromatic carbocycles. The third-order valence-electron chi connectivity index (χ3n) is 8.55. The van der Waals surface area contributed by atoms with Crippen LogP contribution < -0.4 is 4.90 Å². The molecule has 0 N–H and O–H groups in total. The van der Waals surface area contributed by atoms with E-state index < -0.39 is 0 Å². The van der Waals surface area contributed by atoms with Crippen molar-refractivity contribution in [2.75, 3.05) is 4.90 Å². The lowest BCUT2D eigenvalue weighted by Crippen LogP contribution is -2.37. The van der Waals surface area contributed by atoms with Crippen LogP contribution in [0, 0.1) is 0 Å². The molecule has 0 aliphatic carbocycles. The van der Waals surface area contributed by atoms with Crippen LogP contribution in [0.3, 0.4) is 0 Å². The molecule has 0 unspecified atom stereocenters. The first-order valence-corrected chi connectivity index (χ1v) is 15.0. The fraction of sp³-hybridized carbons (Fsp3) is 0.100. The number of aromatic nitrogens is 2. The smallest absolute Gasteiger partial charge is 0.0542 e. The van der Waals surface area contributed by atoms with Gasteiger partial charge in [-0.15, -0.1) is 0 Å². The van der Waals surface area contributed by atoms with Crippen LogP contribution in [-0.4, -0.2) is 14.7 Å². The van der Waals surface area contributed by atoms with E-state index in [9.17, 15) is 0 Å². The number of fused-ring (bicyclic) bond motifs is 6. The van der Waals surface area contributed by atoms with Gasteiger partial charge in [0.05, 0.1) is 22.1 Å². The van der Waals surface area contributed by atoms with Gasteiger partial charge >= 0.3 is 0 Å². The molecule has 2 heterocycles. The predicted octanol–water partition coefficient (Wildman–Crippen LogP) is 10.8. The topological polar surface area (TPSA) is 13.1 Å². The molecule has 8 aromatic rings. The monoisotopic (exact) mass is 555 g/mol. The minimum Gasteiger partial charge on any atom is -0.336 e. The standard InChI is InChI=1S/C40H33N3/c1-40(2,3)43(29-13-5-4-6-14-29)30-23-21-28(22-24-30)41-38-20-12-9-17-34(38)35-27-31(25-26-39(35)41)42-36-18-10-7-15-32(36)33-16-8-11-19-37(33)42/h4-27H,1-3H3. The van der Waals surface area contributed by atoms with E-state index in [2.05, 4.69) is 180 Å². The van der Waals surface area contributed by atoms with Gasteiger partial charge in [0, 0.05) is 49.8 Å². The van der Waals surface area contributed by atoms with Crippen molar-refractivity contribution in [2.24, 2.45) is 0 Å². The summed E-state index contributed by atoms with van der Waals surface area (Å²) in [7, 11) is 0. The maximum Gasteiger partial charge on any atom is 0.0542 e. The molecule has 8 rings (SSSR count). The molecule has 0 aliphatic heterocycles. The van der Waals surface area contributed by atoms with E-state index in [1.54, 1.807) is 0 Å². The molecule has 0 saturated heterocycles. The van der Waals surface area contributed by atoms with Gasteiger partial charge in [-0.2, -0.15) is 0 Å². The lowest BCUT2D eigenvalue weighted by Gasteiger charge is -2.38. The average molecular weight is 556 g/mol. The van der Waals surface area contributed by atoms with Crippen molar-refractivity contribution in [1.29, 1.82) is 0 Å². The molecule has 3 heteroatoms. The first-order chi connectivity index (χ1) is 21.0. The Labute approximate surface area is 251 Å². The fourth-order valence-corrected chi connectivity index (χ4v) is 6.83. The van der Waals surface area contributed by atoms with Crippen LogP contribution in [-0.2, 0) is 0 Å². The van der Waals surface area contributed by atoms with E-state index in [0.29, 0.717) is 0 Å². The van der Waals surface area contributed by atoms with Gasteiger partial charge in [-0.25, -0.2) is 0 Å². The zero-order chi connectivity index (χ0) is 29.1. The van der Waals surface area contributed by atoms with Gasteiger partial charge in [0.15, 0.2) is 0 Å². The van der Waals surface area contributed by atoms with Crippen LogP contribution in [0.4, 0.5) is 11.4 Å². The van der Waals surface area contributed by atoms with Gasteiger partial charge in [0.2, 0.25) is 0 Å². The Morgan fingerprint density at radius 2 is 0.814 bits per heavy atom. The van der Waals surface area contributed by atoms with E-state index in [1.165, 1.54) is 60.7 Å². The highest BCUT2D eigenvalue weighted by Gasteiger charge is 2.24. The first kappa shape index (κ1) is 25.4. The highest BCUT2D eigenvalue weighted by Crippen LogP contribution is 2.38. The highest BCUT2D eigenvalue weighted by molar-refractivity contribution is 6.12. The maximum absolute atomic E-state index is 2.40. The van der Waals surface area contributed by atoms with Gasteiger partial charge in [0.25, 0.3) is 0 Å². The summed E-state index contributed by atoms with van der Waals surface area (Å²) in [6.07, 6.45) is 0. The second-order valence-electron chi connectivity index (χ2n) is 12.3. The average Bonchev–Trinajstić information content (AvgIpc) is 3.54. The van der Waals surface area contributed by atoms with Crippen molar-refractivity contribution in [2.45, 2.75) is 26.3 Å². The Kier molecular flexibility index (Phi) is 5.70. The lowest BCUT2D eigenvalue weighted by atomic mass is 10.0. The molecule has 3 nitrogen and oxygen atoms in total. The van der Waals surface area contributed by atoms with E-state index >= 15 is 0 Å². The number of rotatable bonds is 4. The predicted molar refractivity (Wildman–Crippen MR) is 183 cm³/mol.